The smallest absolute Gasteiger partial charge is 0.123 e. The molecule has 0 aliphatic heterocycles. The number of halogens is 1. The third-order valence-electron chi connectivity index (χ3n) is 2.99. The monoisotopic (exact) mass is 250 g/mol. The topological polar surface area (TPSA) is 56.0 Å². The molecule has 1 atom stereocenters. The quantitative estimate of drug-likeness (QED) is 0.813. The second-order valence-corrected chi connectivity index (χ2v) is 4.66. The molecule has 0 bridgehead atoms. The van der Waals surface area contributed by atoms with Crippen LogP contribution in [0.1, 0.15) is 31.4 Å². The van der Waals surface area contributed by atoms with E-state index in [0.717, 1.165) is 0 Å². The summed E-state index contributed by atoms with van der Waals surface area (Å²) in [5.74, 6) is 0.0327. The summed E-state index contributed by atoms with van der Waals surface area (Å²) in [6.45, 7) is 4.67. The number of aliphatic hydroxyl groups is 1. The molecule has 3 nitrogen and oxygen atoms in total. The lowest BCUT2D eigenvalue weighted by molar-refractivity contribution is 0.244. The molecule has 4 heteroatoms. The summed E-state index contributed by atoms with van der Waals surface area (Å²) in [6, 6.07) is 6.36. The van der Waals surface area contributed by atoms with Crippen LogP contribution >= 0.6 is 0 Å². The molecule has 0 heterocycles. The van der Waals surface area contributed by atoms with E-state index in [1.807, 2.05) is 0 Å². The van der Waals surface area contributed by atoms with Gasteiger partial charge in [0.25, 0.3) is 0 Å². The van der Waals surface area contributed by atoms with Gasteiger partial charge in [-0.2, -0.15) is 5.26 Å². The van der Waals surface area contributed by atoms with Crippen molar-refractivity contribution in [3.8, 4) is 6.07 Å². The first-order chi connectivity index (χ1) is 8.58. The predicted octanol–water partition coefficient (Wildman–Crippen LogP) is 2.19. The third kappa shape index (κ3) is 4.10. The van der Waals surface area contributed by atoms with Crippen molar-refractivity contribution in [3.63, 3.8) is 0 Å². The highest BCUT2D eigenvalue weighted by atomic mass is 19.1. The maximum atomic E-state index is 13.1. The first-order valence-corrected chi connectivity index (χ1v) is 6.11. The second-order valence-electron chi connectivity index (χ2n) is 4.66. The Kier molecular flexibility index (Phi) is 5.76. The van der Waals surface area contributed by atoms with Crippen molar-refractivity contribution in [1.82, 2.24) is 5.32 Å². The molecule has 0 aliphatic rings. The van der Waals surface area contributed by atoms with Gasteiger partial charge in [0, 0.05) is 19.2 Å². The summed E-state index contributed by atoms with van der Waals surface area (Å²) in [5, 5.41) is 21.2. The molecule has 0 aromatic heterocycles. The van der Waals surface area contributed by atoms with E-state index in [1.54, 1.807) is 0 Å². The summed E-state index contributed by atoms with van der Waals surface area (Å²) in [7, 11) is 0. The molecule has 2 N–H and O–H groups in total. The number of aliphatic hydroxyl groups excluding tert-OH is 1. The van der Waals surface area contributed by atoms with Gasteiger partial charge in [0.15, 0.2) is 0 Å². The average Bonchev–Trinajstić information content (AvgIpc) is 2.34. The second kappa shape index (κ2) is 7.10. The largest absolute Gasteiger partial charge is 0.396 e. The number of nitrogens with zero attached hydrogens (tertiary/aromatic N) is 1. The van der Waals surface area contributed by atoms with Crippen LogP contribution in [0.5, 0.6) is 0 Å². The molecule has 0 radical (unpaired) electrons. The van der Waals surface area contributed by atoms with E-state index in [0.29, 0.717) is 30.0 Å². The first-order valence-electron chi connectivity index (χ1n) is 6.11. The predicted molar refractivity (Wildman–Crippen MR) is 68.3 cm³/mol. The highest BCUT2D eigenvalue weighted by Gasteiger charge is 2.13. The number of nitrogens with one attached hydrogen (secondary N) is 1. The van der Waals surface area contributed by atoms with Crippen LogP contribution in [0.4, 0.5) is 4.39 Å². The van der Waals surface area contributed by atoms with Gasteiger partial charge in [-0.25, -0.2) is 4.39 Å². The zero-order valence-electron chi connectivity index (χ0n) is 10.8. The van der Waals surface area contributed by atoms with Crippen molar-refractivity contribution in [2.24, 2.45) is 5.92 Å². The lowest BCUT2D eigenvalue weighted by Gasteiger charge is -2.21. The van der Waals surface area contributed by atoms with E-state index in [2.05, 4.69) is 25.2 Å². The highest BCUT2D eigenvalue weighted by Crippen LogP contribution is 2.12. The van der Waals surface area contributed by atoms with Crippen molar-refractivity contribution < 1.29 is 9.50 Å². The van der Waals surface area contributed by atoms with E-state index in [9.17, 15) is 4.39 Å². The fraction of sp³-hybridized carbons (Fsp3) is 0.500. The number of nitriles is 1. The normalized spacial score (nSPS) is 12.4. The van der Waals surface area contributed by atoms with Gasteiger partial charge in [0.2, 0.25) is 0 Å². The fourth-order valence-electron chi connectivity index (χ4n) is 1.87. The SMILES string of the molecule is CC(C)C(CCO)NCc1cc(F)ccc1C#N. The van der Waals surface area contributed by atoms with Crippen LogP contribution in [-0.2, 0) is 6.54 Å². The zero-order valence-corrected chi connectivity index (χ0v) is 10.8. The van der Waals surface area contributed by atoms with Crippen molar-refractivity contribution in [2.75, 3.05) is 6.61 Å². The molecule has 1 aromatic rings. The maximum Gasteiger partial charge on any atom is 0.123 e. The van der Waals surface area contributed by atoms with Crippen LogP contribution in [-0.4, -0.2) is 17.8 Å². The molecule has 0 saturated carbocycles. The molecule has 0 amide bonds. The summed E-state index contributed by atoms with van der Waals surface area (Å²) in [5.41, 5.74) is 1.14. The highest BCUT2D eigenvalue weighted by molar-refractivity contribution is 5.37. The van der Waals surface area contributed by atoms with Gasteiger partial charge in [0.1, 0.15) is 5.82 Å². The fourth-order valence-corrected chi connectivity index (χ4v) is 1.87. The van der Waals surface area contributed by atoms with E-state index in [-0.39, 0.29) is 18.5 Å². The van der Waals surface area contributed by atoms with Gasteiger partial charge >= 0.3 is 0 Å². The van der Waals surface area contributed by atoms with E-state index < -0.39 is 0 Å². The van der Waals surface area contributed by atoms with Gasteiger partial charge < -0.3 is 10.4 Å². The summed E-state index contributed by atoms with van der Waals surface area (Å²) < 4.78 is 13.1. The molecule has 18 heavy (non-hydrogen) atoms. The lowest BCUT2D eigenvalue weighted by atomic mass is 10.0. The van der Waals surface area contributed by atoms with Crippen LogP contribution in [0.25, 0.3) is 0 Å². The van der Waals surface area contributed by atoms with Crippen molar-refractivity contribution >= 4 is 0 Å². The van der Waals surface area contributed by atoms with Gasteiger partial charge in [-0.3, -0.25) is 0 Å². The van der Waals surface area contributed by atoms with E-state index in [4.69, 9.17) is 10.4 Å². The Morgan fingerprint density at radius 3 is 2.72 bits per heavy atom. The Balaban J connectivity index is 2.72. The van der Waals surface area contributed by atoms with E-state index in [1.165, 1.54) is 18.2 Å². The molecule has 0 saturated heterocycles. The molecular formula is C14H19FN2O. The first kappa shape index (κ1) is 14.6. The number of rotatable bonds is 6. The van der Waals surface area contributed by atoms with Gasteiger partial charge in [0.05, 0.1) is 11.6 Å². The summed E-state index contributed by atoms with van der Waals surface area (Å²) in [4.78, 5) is 0. The minimum Gasteiger partial charge on any atom is -0.396 e. The Morgan fingerprint density at radius 1 is 1.44 bits per heavy atom. The summed E-state index contributed by atoms with van der Waals surface area (Å²) in [6.07, 6.45) is 0.648. The van der Waals surface area contributed by atoms with Gasteiger partial charge in [-0.15, -0.1) is 0 Å². The number of benzene rings is 1. The van der Waals surface area contributed by atoms with Crippen molar-refractivity contribution in [1.29, 1.82) is 5.26 Å². The Bertz CT molecular complexity index is 426. The molecule has 0 spiro atoms. The van der Waals surface area contributed by atoms with Crippen LogP contribution in [0.3, 0.4) is 0 Å². The van der Waals surface area contributed by atoms with E-state index >= 15 is 0 Å². The third-order valence-corrected chi connectivity index (χ3v) is 2.99. The van der Waals surface area contributed by atoms with Gasteiger partial charge in [-0.05, 0) is 36.1 Å². The van der Waals surface area contributed by atoms with Crippen LogP contribution in [0.2, 0.25) is 0 Å². The van der Waals surface area contributed by atoms with Crippen LogP contribution in [0, 0.1) is 23.1 Å². The zero-order chi connectivity index (χ0) is 13.5. The van der Waals surface area contributed by atoms with Crippen LogP contribution in [0.15, 0.2) is 18.2 Å². The Hall–Kier alpha value is -1.44. The lowest BCUT2D eigenvalue weighted by Crippen LogP contribution is -2.34. The number of hydrogen-bond donors (Lipinski definition) is 2. The van der Waals surface area contributed by atoms with Crippen LogP contribution < -0.4 is 5.32 Å². The Labute approximate surface area is 107 Å². The molecule has 0 aliphatic carbocycles. The standard InChI is InChI=1S/C14H19FN2O/c1-10(2)14(5-6-18)17-9-12-7-13(15)4-3-11(12)8-16/h3-4,7,10,14,17-18H,5-6,9H2,1-2H3. The molecule has 1 unspecified atom stereocenters. The average molecular weight is 250 g/mol. The molecule has 1 aromatic carbocycles. The molecule has 1 rings (SSSR count). The van der Waals surface area contributed by atoms with Gasteiger partial charge in [-0.1, -0.05) is 13.8 Å². The Morgan fingerprint density at radius 2 is 2.17 bits per heavy atom. The summed E-state index contributed by atoms with van der Waals surface area (Å²) >= 11 is 0. The molecular weight excluding hydrogens is 231 g/mol. The minimum absolute atomic E-state index is 0.115. The number of hydrogen-bond acceptors (Lipinski definition) is 3. The molecule has 98 valence electrons. The maximum absolute atomic E-state index is 13.1. The molecule has 0 fully saturated rings. The minimum atomic E-state index is -0.339. The van der Waals surface area contributed by atoms with Crippen molar-refractivity contribution in [2.45, 2.75) is 32.9 Å². The van der Waals surface area contributed by atoms with Crippen molar-refractivity contribution in [3.05, 3.63) is 35.1 Å².